The molecule has 1 saturated heterocycles. The van der Waals surface area contributed by atoms with Crippen LogP contribution in [-0.4, -0.2) is 67.0 Å². The van der Waals surface area contributed by atoms with Crippen molar-refractivity contribution in [2.75, 3.05) is 39.4 Å². The number of ether oxygens (including phenoxy) is 1. The highest BCUT2D eigenvalue weighted by molar-refractivity contribution is 5.88. The summed E-state index contributed by atoms with van der Waals surface area (Å²) in [4.78, 5) is 31.4. The summed E-state index contributed by atoms with van der Waals surface area (Å²) < 4.78 is 5.42. The molecule has 36 heavy (non-hydrogen) atoms. The monoisotopic (exact) mass is 485 g/mol. The van der Waals surface area contributed by atoms with Crippen LogP contribution in [0.25, 0.3) is 0 Å². The molecule has 1 aliphatic rings. The summed E-state index contributed by atoms with van der Waals surface area (Å²) >= 11 is 0. The van der Waals surface area contributed by atoms with Gasteiger partial charge in [-0.25, -0.2) is 0 Å². The van der Waals surface area contributed by atoms with Crippen molar-refractivity contribution in [3.8, 4) is 0 Å². The van der Waals surface area contributed by atoms with E-state index in [1.165, 1.54) is 0 Å². The molecule has 2 amide bonds. The van der Waals surface area contributed by atoms with E-state index in [4.69, 9.17) is 4.74 Å². The minimum Gasteiger partial charge on any atom is -0.379 e. The summed E-state index contributed by atoms with van der Waals surface area (Å²) in [6.45, 7) is 4.88. The van der Waals surface area contributed by atoms with Crippen molar-refractivity contribution in [2.45, 2.75) is 25.4 Å². The average molecular weight is 486 g/mol. The molecule has 1 heterocycles. The van der Waals surface area contributed by atoms with E-state index in [2.05, 4.69) is 10.2 Å². The van der Waals surface area contributed by atoms with Gasteiger partial charge in [0.25, 0.3) is 0 Å². The van der Waals surface area contributed by atoms with Crippen LogP contribution in [0.1, 0.15) is 16.7 Å². The Bertz CT molecular complexity index is 1070. The number of carbonyl (C=O) groups is 2. The molecule has 1 atom stereocenters. The fraction of sp³-hybridized carbons (Fsp3) is 0.333. The van der Waals surface area contributed by atoms with Crippen molar-refractivity contribution in [1.82, 2.24) is 15.1 Å². The third kappa shape index (κ3) is 7.77. The van der Waals surface area contributed by atoms with Crippen LogP contribution in [-0.2, 0) is 33.7 Å². The molecule has 188 valence electrons. The molecule has 0 aromatic heterocycles. The van der Waals surface area contributed by atoms with E-state index in [0.717, 1.165) is 49.5 Å². The number of hydrogen-bond donors (Lipinski definition) is 1. The SMILES string of the molecule is O=C(NCCN1CCOCC1)[C@@H](Cc1ccccc1)N(Cc1ccccc1)C(=O)Cc1ccccc1. The quantitative estimate of drug-likeness (QED) is 0.453. The normalized spacial score (nSPS) is 14.7. The Kier molecular flexibility index (Phi) is 9.65. The molecule has 0 bridgehead atoms. The molecule has 4 rings (SSSR count). The van der Waals surface area contributed by atoms with Gasteiger partial charge in [0, 0.05) is 39.1 Å². The predicted octanol–water partition coefficient (Wildman–Crippen LogP) is 3.32. The molecule has 6 nitrogen and oxygen atoms in total. The van der Waals surface area contributed by atoms with Crippen molar-refractivity contribution >= 4 is 11.8 Å². The number of amides is 2. The number of nitrogens with one attached hydrogen (secondary N) is 1. The van der Waals surface area contributed by atoms with Gasteiger partial charge in [0.15, 0.2) is 0 Å². The third-order valence-corrected chi connectivity index (χ3v) is 6.50. The van der Waals surface area contributed by atoms with Crippen molar-refractivity contribution in [3.05, 3.63) is 108 Å². The first-order valence-electron chi connectivity index (χ1n) is 12.7. The first-order valence-corrected chi connectivity index (χ1v) is 12.7. The molecule has 0 unspecified atom stereocenters. The average Bonchev–Trinajstić information content (AvgIpc) is 2.93. The number of nitrogens with zero attached hydrogens (tertiary/aromatic N) is 2. The zero-order chi connectivity index (χ0) is 25.0. The van der Waals surface area contributed by atoms with Crippen molar-refractivity contribution in [1.29, 1.82) is 0 Å². The Labute approximate surface area is 213 Å². The summed E-state index contributed by atoms with van der Waals surface area (Å²) in [6, 6.07) is 28.9. The van der Waals surface area contributed by atoms with E-state index in [-0.39, 0.29) is 18.2 Å². The summed E-state index contributed by atoms with van der Waals surface area (Å²) in [7, 11) is 0. The summed E-state index contributed by atoms with van der Waals surface area (Å²) in [5.41, 5.74) is 2.96. The number of rotatable bonds is 11. The van der Waals surface area contributed by atoms with Crippen LogP contribution in [0.2, 0.25) is 0 Å². The molecule has 0 radical (unpaired) electrons. The molecule has 0 spiro atoms. The van der Waals surface area contributed by atoms with Gasteiger partial charge in [-0.2, -0.15) is 0 Å². The van der Waals surface area contributed by atoms with Crippen LogP contribution in [0.4, 0.5) is 0 Å². The fourth-order valence-electron chi connectivity index (χ4n) is 4.49. The van der Waals surface area contributed by atoms with Crippen molar-refractivity contribution < 1.29 is 14.3 Å². The Morgan fingerprint density at radius 3 is 1.97 bits per heavy atom. The maximum atomic E-state index is 13.7. The molecule has 0 aliphatic carbocycles. The second-order valence-corrected chi connectivity index (χ2v) is 9.12. The molecule has 1 N–H and O–H groups in total. The lowest BCUT2D eigenvalue weighted by molar-refractivity contribution is -0.140. The predicted molar refractivity (Wildman–Crippen MR) is 141 cm³/mol. The Morgan fingerprint density at radius 2 is 1.36 bits per heavy atom. The molecule has 1 fully saturated rings. The maximum Gasteiger partial charge on any atom is 0.243 e. The summed E-state index contributed by atoms with van der Waals surface area (Å²) in [5, 5.41) is 3.12. The molecule has 0 saturated carbocycles. The number of morpholine rings is 1. The standard InChI is InChI=1S/C30H35N3O3/c34-29(23-26-12-6-2-7-13-26)33(24-27-14-8-3-9-15-27)28(22-25-10-4-1-5-11-25)30(35)31-16-17-32-18-20-36-21-19-32/h1-15,28H,16-24H2,(H,31,35)/t28-/m1/s1. The fourth-order valence-corrected chi connectivity index (χ4v) is 4.49. The topological polar surface area (TPSA) is 61.9 Å². The summed E-state index contributed by atoms with van der Waals surface area (Å²) in [6.07, 6.45) is 0.706. The van der Waals surface area contributed by atoms with Gasteiger partial charge in [0.2, 0.25) is 11.8 Å². The minimum atomic E-state index is -0.617. The first kappa shape index (κ1) is 25.6. The van der Waals surface area contributed by atoms with E-state index in [1.54, 1.807) is 4.90 Å². The highest BCUT2D eigenvalue weighted by Crippen LogP contribution is 2.16. The van der Waals surface area contributed by atoms with Crippen molar-refractivity contribution in [3.63, 3.8) is 0 Å². The van der Waals surface area contributed by atoms with Crippen LogP contribution in [0.3, 0.4) is 0 Å². The van der Waals surface area contributed by atoms with Gasteiger partial charge in [0.1, 0.15) is 6.04 Å². The lowest BCUT2D eigenvalue weighted by Crippen LogP contribution is -2.52. The van der Waals surface area contributed by atoms with E-state index in [1.807, 2.05) is 91.0 Å². The van der Waals surface area contributed by atoms with Crippen LogP contribution in [0, 0.1) is 0 Å². The third-order valence-electron chi connectivity index (χ3n) is 6.50. The Morgan fingerprint density at radius 1 is 0.806 bits per heavy atom. The van der Waals surface area contributed by atoms with Crippen LogP contribution in [0.15, 0.2) is 91.0 Å². The van der Waals surface area contributed by atoms with Gasteiger partial charge in [-0.3, -0.25) is 14.5 Å². The van der Waals surface area contributed by atoms with E-state index >= 15 is 0 Å². The molecular formula is C30H35N3O3. The molecule has 3 aromatic rings. The lowest BCUT2D eigenvalue weighted by Gasteiger charge is -2.32. The molecule has 1 aliphatic heterocycles. The number of carbonyl (C=O) groups excluding carboxylic acids is 2. The van der Waals surface area contributed by atoms with Crippen LogP contribution in [0.5, 0.6) is 0 Å². The second kappa shape index (κ2) is 13.6. The first-order chi connectivity index (χ1) is 17.7. The molecular weight excluding hydrogens is 450 g/mol. The van der Waals surface area contributed by atoms with Gasteiger partial charge >= 0.3 is 0 Å². The zero-order valence-electron chi connectivity index (χ0n) is 20.7. The highest BCUT2D eigenvalue weighted by atomic mass is 16.5. The lowest BCUT2D eigenvalue weighted by atomic mass is 10.0. The Hall–Kier alpha value is -3.48. The van der Waals surface area contributed by atoms with Gasteiger partial charge < -0.3 is 15.0 Å². The highest BCUT2D eigenvalue weighted by Gasteiger charge is 2.30. The van der Waals surface area contributed by atoms with E-state index in [0.29, 0.717) is 19.5 Å². The van der Waals surface area contributed by atoms with Crippen LogP contribution < -0.4 is 5.32 Å². The maximum absolute atomic E-state index is 13.7. The molecule has 6 heteroatoms. The van der Waals surface area contributed by atoms with E-state index < -0.39 is 6.04 Å². The minimum absolute atomic E-state index is 0.0608. The van der Waals surface area contributed by atoms with Gasteiger partial charge in [-0.15, -0.1) is 0 Å². The van der Waals surface area contributed by atoms with Crippen molar-refractivity contribution in [2.24, 2.45) is 0 Å². The number of benzene rings is 3. The summed E-state index contributed by atoms with van der Waals surface area (Å²) in [5.74, 6) is -0.182. The van der Waals surface area contributed by atoms with Gasteiger partial charge in [-0.1, -0.05) is 91.0 Å². The van der Waals surface area contributed by atoms with Gasteiger partial charge in [0.05, 0.1) is 19.6 Å². The second-order valence-electron chi connectivity index (χ2n) is 9.12. The number of hydrogen-bond acceptors (Lipinski definition) is 4. The van der Waals surface area contributed by atoms with Crippen LogP contribution >= 0.6 is 0 Å². The van der Waals surface area contributed by atoms with E-state index in [9.17, 15) is 9.59 Å². The van der Waals surface area contributed by atoms with Gasteiger partial charge in [-0.05, 0) is 16.7 Å². The zero-order valence-corrected chi connectivity index (χ0v) is 20.7. The molecule has 3 aromatic carbocycles. The largest absolute Gasteiger partial charge is 0.379 e. The smallest absolute Gasteiger partial charge is 0.243 e. The Balaban J connectivity index is 1.55.